The van der Waals surface area contributed by atoms with Gasteiger partial charge in [0.05, 0.1) is 10.4 Å². The molecular formula is C48H31NS2. The molecule has 0 saturated heterocycles. The second-order valence-electron chi connectivity index (χ2n) is 12.9. The smallest absolute Gasteiger partial charge is 0.0640 e. The van der Waals surface area contributed by atoms with Crippen molar-refractivity contribution in [3.05, 3.63) is 188 Å². The number of benzene rings is 8. The largest absolute Gasteiger partial charge is 0.309 e. The van der Waals surface area contributed by atoms with Crippen LogP contribution >= 0.6 is 22.7 Å². The maximum Gasteiger partial charge on any atom is 0.0640 e. The summed E-state index contributed by atoms with van der Waals surface area (Å²) < 4.78 is 5.20. The summed E-state index contributed by atoms with van der Waals surface area (Å²) in [6, 6.07) is 68.5. The van der Waals surface area contributed by atoms with Gasteiger partial charge in [0.2, 0.25) is 0 Å². The maximum atomic E-state index is 2.46. The molecule has 10 rings (SSSR count). The fraction of sp³-hybridized carbons (Fsp3) is 0. The lowest BCUT2D eigenvalue weighted by molar-refractivity contribution is 1.31. The van der Waals surface area contributed by atoms with Crippen LogP contribution < -0.4 is 4.90 Å². The van der Waals surface area contributed by atoms with Crippen LogP contribution in [0.3, 0.4) is 0 Å². The topological polar surface area (TPSA) is 3.24 Å². The summed E-state index contributed by atoms with van der Waals surface area (Å²) in [7, 11) is 0. The molecule has 0 saturated carbocycles. The van der Waals surface area contributed by atoms with E-state index in [0.29, 0.717) is 0 Å². The predicted octanol–water partition coefficient (Wildman–Crippen LogP) is 14.9. The van der Waals surface area contributed by atoms with Crippen molar-refractivity contribution in [2.75, 3.05) is 4.90 Å². The minimum Gasteiger partial charge on any atom is -0.309 e. The van der Waals surface area contributed by atoms with Crippen LogP contribution in [0, 0.1) is 0 Å². The summed E-state index contributed by atoms with van der Waals surface area (Å²) >= 11 is 3.75. The molecule has 0 N–H and O–H groups in total. The molecule has 0 bridgehead atoms. The summed E-state index contributed by atoms with van der Waals surface area (Å²) in [5.41, 5.74) is 10.8. The SMILES string of the molecule is c1ccc(-c2ccc(-c3ccc(N(c4ccc5c(c4)sc4ccccc45)c4ccc(-c5ccccc5)c5c4sc4ccccc45)cc3)cc2)cc1. The number of hydrogen-bond donors (Lipinski definition) is 0. The van der Waals surface area contributed by atoms with Crippen molar-refractivity contribution in [3.8, 4) is 33.4 Å². The lowest BCUT2D eigenvalue weighted by Gasteiger charge is -2.27. The summed E-state index contributed by atoms with van der Waals surface area (Å²) in [5.74, 6) is 0. The molecule has 2 heterocycles. The molecule has 0 radical (unpaired) electrons. The van der Waals surface area contributed by atoms with Gasteiger partial charge in [-0.1, -0.05) is 146 Å². The Morgan fingerprint density at radius 2 is 0.843 bits per heavy atom. The van der Waals surface area contributed by atoms with Gasteiger partial charge in [-0.3, -0.25) is 0 Å². The first-order valence-corrected chi connectivity index (χ1v) is 18.9. The molecule has 10 aromatic rings. The van der Waals surface area contributed by atoms with Gasteiger partial charge >= 0.3 is 0 Å². The van der Waals surface area contributed by atoms with Crippen molar-refractivity contribution in [1.82, 2.24) is 0 Å². The fourth-order valence-corrected chi connectivity index (χ4v) is 9.79. The highest BCUT2D eigenvalue weighted by Crippen LogP contribution is 2.49. The van der Waals surface area contributed by atoms with E-state index in [2.05, 4.69) is 193 Å². The summed E-state index contributed by atoms with van der Waals surface area (Å²) in [6.07, 6.45) is 0. The maximum absolute atomic E-state index is 2.46. The van der Waals surface area contributed by atoms with Crippen molar-refractivity contribution in [2.24, 2.45) is 0 Å². The number of anilines is 3. The quantitative estimate of drug-likeness (QED) is 0.168. The van der Waals surface area contributed by atoms with Gasteiger partial charge in [-0.25, -0.2) is 0 Å². The number of nitrogens with zero attached hydrogens (tertiary/aromatic N) is 1. The zero-order chi connectivity index (χ0) is 33.7. The number of fused-ring (bicyclic) bond motifs is 6. The van der Waals surface area contributed by atoms with E-state index in [-0.39, 0.29) is 0 Å². The highest BCUT2D eigenvalue weighted by Gasteiger charge is 2.21. The van der Waals surface area contributed by atoms with E-state index >= 15 is 0 Å². The molecule has 0 atom stereocenters. The van der Waals surface area contributed by atoms with Gasteiger partial charge in [0, 0.05) is 47.0 Å². The van der Waals surface area contributed by atoms with Crippen LogP contribution in [0.15, 0.2) is 188 Å². The van der Waals surface area contributed by atoms with E-state index in [1.807, 2.05) is 22.7 Å². The Bertz CT molecular complexity index is 2830. The van der Waals surface area contributed by atoms with E-state index in [4.69, 9.17) is 0 Å². The summed E-state index contributed by atoms with van der Waals surface area (Å²) in [6.45, 7) is 0. The molecule has 0 unspecified atom stereocenters. The first-order valence-electron chi connectivity index (χ1n) is 17.3. The van der Waals surface area contributed by atoms with Crippen LogP contribution in [0.5, 0.6) is 0 Å². The van der Waals surface area contributed by atoms with Crippen LogP contribution in [-0.4, -0.2) is 0 Å². The lowest BCUT2D eigenvalue weighted by atomic mass is 9.98. The third kappa shape index (κ3) is 5.21. The van der Waals surface area contributed by atoms with E-state index in [1.165, 1.54) is 79.4 Å². The molecule has 3 heteroatoms. The Labute approximate surface area is 304 Å². The number of hydrogen-bond acceptors (Lipinski definition) is 3. The number of thiophene rings is 2. The molecule has 0 fully saturated rings. The van der Waals surface area contributed by atoms with Crippen molar-refractivity contribution >= 4 is 80.1 Å². The van der Waals surface area contributed by atoms with Gasteiger partial charge in [-0.15, -0.1) is 22.7 Å². The van der Waals surface area contributed by atoms with Crippen molar-refractivity contribution in [1.29, 1.82) is 0 Å². The molecule has 0 spiro atoms. The molecular weight excluding hydrogens is 655 g/mol. The first-order chi connectivity index (χ1) is 25.3. The van der Waals surface area contributed by atoms with Crippen LogP contribution in [-0.2, 0) is 0 Å². The van der Waals surface area contributed by atoms with Crippen LogP contribution in [0.4, 0.5) is 17.1 Å². The Balaban J connectivity index is 1.15. The Morgan fingerprint density at radius 1 is 0.333 bits per heavy atom. The average molecular weight is 686 g/mol. The van der Waals surface area contributed by atoms with Crippen LogP contribution in [0.1, 0.15) is 0 Å². The minimum atomic E-state index is 1.13. The number of rotatable bonds is 6. The van der Waals surface area contributed by atoms with E-state index in [1.54, 1.807) is 0 Å². The predicted molar refractivity (Wildman–Crippen MR) is 223 cm³/mol. The molecule has 240 valence electrons. The summed E-state index contributed by atoms with van der Waals surface area (Å²) in [4.78, 5) is 2.46. The monoisotopic (exact) mass is 685 g/mol. The average Bonchev–Trinajstić information content (AvgIpc) is 3.78. The Kier molecular flexibility index (Phi) is 7.26. The molecule has 51 heavy (non-hydrogen) atoms. The molecule has 0 amide bonds. The summed E-state index contributed by atoms with van der Waals surface area (Å²) in [5, 5.41) is 5.23. The lowest BCUT2D eigenvalue weighted by Crippen LogP contribution is -2.10. The van der Waals surface area contributed by atoms with Gasteiger partial charge in [-0.05, 0) is 75.8 Å². The Hall–Kier alpha value is -6.00. The van der Waals surface area contributed by atoms with Gasteiger partial charge in [0.1, 0.15) is 0 Å². The van der Waals surface area contributed by atoms with E-state index in [9.17, 15) is 0 Å². The van der Waals surface area contributed by atoms with Gasteiger partial charge in [0.25, 0.3) is 0 Å². The minimum absolute atomic E-state index is 1.13. The molecule has 0 aliphatic carbocycles. The van der Waals surface area contributed by atoms with Gasteiger partial charge in [0.15, 0.2) is 0 Å². The second kappa shape index (κ2) is 12.4. The zero-order valence-electron chi connectivity index (χ0n) is 27.7. The van der Waals surface area contributed by atoms with Crippen LogP contribution in [0.2, 0.25) is 0 Å². The molecule has 8 aromatic carbocycles. The van der Waals surface area contributed by atoms with E-state index in [0.717, 1.165) is 11.4 Å². The van der Waals surface area contributed by atoms with E-state index < -0.39 is 0 Å². The van der Waals surface area contributed by atoms with Crippen molar-refractivity contribution in [2.45, 2.75) is 0 Å². The van der Waals surface area contributed by atoms with Crippen LogP contribution in [0.25, 0.3) is 73.7 Å². The fourth-order valence-electron chi connectivity index (χ4n) is 7.42. The zero-order valence-corrected chi connectivity index (χ0v) is 29.3. The standard InChI is InChI=1S/C48H31NS2/c1-3-11-32(12-4-1)33-19-21-34(22-20-33)35-23-25-37(26-24-35)49(38-27-28-41-40-15-7-9-17-44(40)50-46(41)31-38)43-30-29-39(36-13-5-2-6-14-36)47-42-16-8-10-18-45(42)51-48(43)47/h1-31H. The highest BCUT2D eigenvalue weighted by atomic mass is 32.1. The molecule has 0 aliphatic rings. The third-order valence-electron chi connectivity index (χ3n) is 9.90. The normalized spacial score (nSPS) is 11.5. The van der Waals surface area contributed by atoms with Crippen molar-refractivity contribution in [3.63, 3.8) is 0 Å². The molecule has 2 aromatic heterocycles. The van der Waals surface area contributed by atoms with Crippen molar-refractivity contribution < 1.29 is 0 Å². The molecule has 0 aliphatic heterocycles. The third-order valence-corrected chi connectivity index (χ3v) is 12.2. The van der Waals surface area contributed by atoms with Gasteiger partial charge < -0.3 is 4.90 Å². The first kappa shape index (κ1) is 29.9. The van der Waals surface area contributed by atoms with Gasteiger partial charge in [-0.2, -0.15) is 0 Å². The highest BCUT2D eigenvalue weighted by molar-refractivity contribution is 7.26. The Morgan fingerprint density at radius 3 is 1.53 bits per heavy atom. The second-order valence-corrected chi connectivity index (χ2v) is 15.0. The molecule has 1 nitrogen and oxygen atoms in total.